The van der Waals surface area contributed by atoms with E-state index in [0.717, 1.165) is 29.7 Å². The highest BCUT2D eigenvalue weighted by molar-refractivity contribution is 6.04. The maximum atomic E-state index is 12.5. The summed E-state index contributed by atoms with van der Waals surface area (Å²) >= 11 is 0. The number of aromatic nitrogens is 1. The Morgan fingerprint density at radius 2 is 1.83 bits per heavy atom. The Kier molecular flexibility index (Phi) is 4.24. The number of hydrogen-bond acceptors (Lipinski definition) is 4. The molecular weight excluding hydrogens is 300 g/mol. The standard InChI is InChI=1S/C20H26N2O2/c1-13-11-22(12-14(13)2)15-6-7-18-17(10-15)16(8-9-21-18)19(23)24-20(3,4)5/h6-10,13-14H,11-12H2,1-5H3/t13-,14-/m0/s1. The molecule has 0 spiro atoms. The Hall–Kier alpha value is -2.10. The summed E-state index contributed by atoms with van der Waals surface area (Å²) in [6.07, 6.45) is 1.67. The third-order valence-electron chi connectivity index (χ3n) is 4.70. The van der Waals surface area contributed by atoms with Gasteiger partial charge in [-0.15, -0.1) is 0 Å². The third kappa shape index (κ3) is 3.37. The van der Waals surface area contributed by atoms with Gasteiger partial charge in [-0.1, -0.05) is 13.8 Å². The molecule has 0 unspecified atom stereocenters. The summed E-state index contributed by atoms with van der Waals surface area (Å²) in [5, 5.41) is 0.858. The van der Waals surface area contributed by atoms with Crippen LogP contribution in [0.2, 0.25) is 0 Å². The zero-order valence-corrected chi connectivity index (χ0v) is 15.2. The number of carbonyl (C=O) groups is 1. The molecule has 0 radical (unpaired) electrons. The topological polar surface area (TPSA) is 42.4 Å². The first-order chi connectivity index (χ1) is 11.2. The Balaban J connectivity index is 1.99. The number of rotatable bonds is 2. The maximum Gasteiger partial charge on any atom is 0.339 e. The number of esters is 1. The second kappa shape index (κ2) is 6.08. The van der Waals surface area contributed by atoms with Crippen LogP contribution in [0.5, 0.6) is 0 Å². The van der Waals surface area contributed by atoms with Crippen LogP contribution in [0.15, 0.2) is 30.5 Å². The van der Waals surface area contributed by atoms with Crippen LogP contribution in [0, 0.1) is 11.8 Å². The fourth-order valence-electron chi connectivity index (χ4n) is 3.18. The lowest BCUT2D eigenvalue weighted by molar-refractivity contribution is 0.00718. The van der Waals surface area contributed by atoms with Gasteiger partial charge in [0.15, 0.2) is 0 Å². The van der Waals surface area contributed by atoms with Gasteiger partial charge in [0.1, 0.15) is 5.60 Å². The van der Waals surface area contributed by atoms with Crippen LogP contribution >= 0.6 is 0 Å². The molecule has 24 heavy (non-hydrogen) atoms. The largest absolute Gasteiger partial charge is 0.456 e. The fraction of sp³-hybridized carbons (Fsp3) is 0.500. The molecule has 1 aromatic carbocycles. The van der Waals surface area contributed by atoms with Gasteiger partial charge < -0.3 is 9.64 Å². The molecule has 3 rings (SSSR count). The van der Waals surface area contributed by atoms with Crippen molar-refractivity contribution < 1.29 is 9.53 Å². The van der Waals surface area contributed by atoms with Crippen molar-refractivity contribution in [3.05, 3.63) is 36.0 Å². The normalized spacial score (nSPS) is 21.3. The average molecular weight is 326 g/mol. The molecule has 2 atom stereocenters. The van der Waals surface area contributed by atoms with Gasteiger partial charge in [-0.3, -0.25) is 4.98 Å². The summed E-state index contributed by atoms with van der Waals surface area (Å²) in [4.78, 5) is 19.3. The van der Waals surface area contributed by atoms with E-state index in [4.69, 9.17) is 4.74 Å². The summed E-state index contributed by atoms with van der Waals surface area (Å²) < 4.78 is 5.55. The lowest BCUT2D eigenvalue weighted by Gasteiger charge is -2.21. The number of benzene rings is 1. The lowest BCUT2D eigenvalue weighted by atomic mass is 10.0. The van der Waals surface area contributed by atoms with E-state index in [1.54, 1.807) is 12.3 Å². The van der Waals surface area contributed by atoms with Gasteiger partial charge in [0.05, 0.1) is 11.1 Å². The lowest BCUT2D eigenvalue weighted by Crippen LogP contribution is -2.24. The van der Waals surface area contributed by atoms with E-state index in [9.17, 15) is 4.79 Å². The van der Waals surface area contributed by atoms with Crippen molar-refractivity contribution in [2.45, 2.75) is 40.2 Å². The van der Waals surface area contributed by atoms with E-state index >= 15 is 0 Å². The Morgan fingerprint density at radius 1 is 1.17 bits per heavy atom. The molecule has 1 aliphatic heterocycles. The highest BCUT2D eigenvalue weighted by Crippen LogP contribution is 2.31. The maximum absolute atomic E-state index is 12.5. The second-order valence-corrected chi connectivity index (χ2v) is 7.92. The molecule has 1 fully saturated rings. The number of nitrogens with zero attached hydrogens (tertiary/aromatic N) is 2. The van der Waals surface area contributed by atoms with E-state index < -0.39 is 5.60 Å². The number of pyridine rings is 1. The fourth-order valence-corrected chi connectivity index (χ4v) is 3.18. The molecule has 0 N–H and O–H groups in total. The summed E-state index contributed by atoms with van der Waals surface area (Å²) in [5.74, 6) is 1.06. The molecular formula is C20H26N2O2. The first kappa shape index (κ1) is 16.7. The van der Waals surface area contributed by atoms with Crippen molar-refractivity contribution in [3.8, 4) is 0 Å². The predicted molar refractivity (Wildman–Crippen MR) is 97.5 cm³/mol. The molecule has 0 aliphatic carbocycles. The van der Waals surface area contributed by atoms with E-state index in [-0.39, 0.29) is 5.97 Å². The molecule has 2 heterocycles. The highest BCUT2D eigenvalue weighted by Gasteiger charge is 2.27. The smallest absolute Gasteiger partial charge is 0.339 e. The minimum Gasteiger partial charge on any atom is -0.456 e. The van der Waals surface area contributed by atoms with Crippen LogP contribution in [0.25, 0.3) is 10.9 Å². The molecule has 1 aromatic heterocycles. The number of hydrogen-bond donors (Lipinski definition) is 0. The van der Waals surface area contributed by atoms with Crippen LogP contribution in [0.1, 0.15) is 45.0 Å². The first-order valence-electron chi connectivity index (χ1n) is 8.61. The molecule has 4 nitrogen and oxygen atoms in total. The molecule has 0 amide bonds. The van der Waals surface area contributed by atoms with Crippen molar-refractivity contribution in [2.75, 3.05) is 18.0 Å². The monoisotopic (exact) mass is 326 g/mol. The van der Waals surface area contributed by atoms with Crippen molar-refractivity contribution in [3.63, 3.8) is 0 Å². The summed E-state index contributed by atoms with van der Waals surface area (Å²) in [6, 6.07) is 7.91. The van der Waals surface area contributed by atoms with Crippen molar-refractivity contribution in [1.29, 1.82) is 0 Å². The molecule has 128 valence electrons. The molecule has 1 saturated heterocycles. The molecule has 2 aromatic rings. The number of anilines is 1. The van der Waals surface area contributed by atoms with Gasteiger partial charge in [0.25, 0.3) is 0 Å². The van der Waals surface area contributed by atoms with Gasteiger partial charge in [-0.05, 0) is 56.9 Å². The van der Waals surface area contributed by atoms with Gasteiger partial charge in [-0.25, -0.2) is 4.79 Å². The van der Waals surface area contributed by atoms with E-state index in [1.807, 2.05) is 26.8 Å². The van der Waals surface area contributed by atoms with Crippen LogP contribution in [0.4, 0.5) is 5.69 Å². The van der Waals surface area contributed by atoms with Crippen molar-refractivity contribution >= 4 is 22.6 Å². The highest BCUT2D eigenvalue weighted by atomic mass is 16.6. The van der Waals surface area contributed by atoms with Gasteiger partial charge in [-0.2, -0.15) is 0 Å². The summed E-state index contributed by atoms with van der Waals surface area (Å²) in [5.41, 5.74) is 2.04. The van der Waals surface area contributed by atoms with Crippen LogP contribution in [-0.2, 0) is 4.74 Å². The summed E-state index contributed by atoms with van der Waals surface area (Å²) in [6.45, 7) is 12.3. The first-order valence-corrected chi connectivity index (χ1v) is 8.61. The second-order valence-electron chi connectivity index (χ2n) is 7.92. The van der Waals surface area contributed by atoms with Crippen molar-refractivity contribution in [1.82, 2.24) is 4.98 Å². The van der Waals surface area contributed by atoms with Gasteiger partial charge >= 0.3 is 5.97 Å². The molecule has 4 heteroatoms. The number of carbonyl (C=O) groups excluding carboxylic acids is 1. The third-order valence-corrected chi connectivity index (χ3v) is 4.70. The van der Waals surface area contributed by atoms with Crippen LogP contribution in [0.3, 0.4) is 0 Å². The van der Waals surface area contributed by atoms with E-state index in [2.05, 4.69) is 35.9 Å². The Morgan fingerprint density at radius 3 is 2.46 bits per heavy atom. The van der Waals surface area contributed by atoms with Crippen LogP contribution < -0.4 is 4.90 Å². The van der Waals surface area contributed by atoms with E-state index in [0.29, 0.717) is 17.4 Å². The zero-order chi connectivity index (χ0) is 17.5. The minimum atomic E-state index is -0.510. The zero-order valence-electron chi connectivity index (χ0n) is 15.2. The van der Waals surface area contributed by atoms with Gasteiger partial charge in [0, 0.05) is 30.4 Å². The molecule has 1 aliphatic rings. The van der Waals surface area contributed by atoms with Crippen LogP contribution in [-0.4, -0.2) is 29.6 Å². The predicted octanol–water partition coefficient (Wildman–Crippen LogP) is 4.28. The molecule has 0 saturated carbocycles. The Bertz CT molecular complexity index is 754. The molecule has 0 bridgehead atoms. The van der Waals surface area contributed by atoms with E-state index in [1.165, 1.54) is 0 Å². The summed E-state index contributed by atoms with van der Waals surface area (Å²) in [7, 11) is 0. The number of fused-ring (bicyclic) bond motifs is 1. The van der Waals surface area contributed by atoms with Crippen molar-refractivity contribution in [2.24, 2.45) is 11.8 Å². The quantitative estimate of drug-likeness (QED) is 0.772. The number of ether oxygens (including phenoxy) is 1. The minimum absolute atomic E-state index is 0.296. The average Bonchev–Trinajstić information content (AvgIpc) is 2.84. The van der Waals surface area contributed by atoms with Gasteiger partial charge in [0.2, 0.25) is 0 Å². The SMILES string of the molecule is C[C@H]1CN(c2ccc3nccc(C(=O)OC(C)(C)C)c3c2)C[C@@H]1C. The Labute approximate surface area is 143 Å².